The molecule has 0 aromatic carbocycles. The van der Waals surface area contributed by atoms with E-state index in [1.54, 1.807) is 0 Å². The molecule has 0 aromatic rings. The molecular weight excluding hydrogens is 198 g/mol. The van der Waals surface area contributed by atoms with Gasteiger partial charge < -0.3 is 10.1 Å². The van der Waals surface area contributed by atoms with Gasteiger partial charge in [-0.05, 0) is 18.3 Å². The van der Waals surface area contributed by atoms with E-state index in [4.69, 9.17) is 4.74 Å². The van der Waals surface area contributed by atoms with Crippen LogP contribution in [0.3, 0.4) is 0 Å². The summed E-state index contributed by atoms with van der Waals surface area (Å²) in [5.41, 5.74) is 0.430. The van der Waals surface area contributed by atoms with Crippen molar-refractivity contribution in [3.8, 4) is 0 Å². The van der Waals surface area contributed by atoms with Gasteiger partial charge in [0.2, 0.25) is 0 Å². The molecular formula is C14H31NO. The molecule has 0 rings (SSSR count). The summed E-state index contributed by atoms with van der Waals surface area (Å²) in [6, 6.07) is 0. The van der Waals surface area contributed by atoms with Gasteiger partial charge in [0, 0.05) is 19.7 Å². The molecule has 0 spiro atoms. The molecule has 0 unspecified atom stereocenters. The van der Waals surface area contributed by atoms with Gasteiger partial charge in [0.05, 0.1) is 6.61 Å². The van der Waals surface area contributed by atoms with Crippen molar-refractivity contribution < 1.29 is 4.74 Å². The SMILES string of the molecule is CCCCCC(C)(C)CNCCOCCC. The molecule has 0 aliphatic carbocycles. The standard InChI is InChI=1S/C14H31NO/c1-5-7-8-9-14(3,4)13-15-10-12-16-11-6-2/h15H,5-13H2,1-4H3. The van der Waals surface area contributed by atoms with E-state index in [0.29, 0.717) is 5.41 Å². The van der Waals surface area contributed by atoms with Crippen molar-refractivity contribution in [2.75, 3.05) is 26.3 Å². The molecule has 0 aliphatic heterocycles. The molecule has 0 saturated heterocycles. The Bertz CT molecular complexity index is 146. The summed E-state index contributed by atoms with van der Waals surface area (Å²) in [7, 11) is 0. The lowest BCUT2D eigenvalue weighted by atomic mass is 9.87. The Labute approximate surface area is 102 Å². The quantitative estimate of drug-likeness (QED) is 0.546. The minimum Gasteiger partial charge on any atom is -0.380 e. The van der Waals surface area contributed by atoms with E-state index in [-0.39, 0.29) is 0 Å². The van der Waals surface area contributed by atoms with Gasteiger partial charge in [-0.25, -0.2) is 0 Å². The van der Waals surface area contributed by atoms with Gasteiger partial charge >= 0.3 is 0 Å². The Hall–Kier alpha value is -0.0800. The van der Waals surface area contributed by atoms with Crippen molar-refractivity contribution in [2.45, 2.75) is 59.8 Å². The second-order valence-electron chi connectivity index (χ2n) is 5.41. The van der Waals surface area contributed by atoms with Crippen LogP contribution in [0.1, 0.15) is 59.8 Å². The average molecular weight is 229 g/mol. The van der Waals surface area contributed by atoms with E-state index in [0.717, 1.165) is 32.7 Å². The molecule has 2 nitrogen and oxygen atoms in total. The van der Waals surface area contributed by atoms with Crippen LogP contribution in [-0.4, -0.2) is 26.3 Å². The van der Waals surface area contributed by atoms with Crippen LogP contribution in [0.5, 0.6) is 0 Å². The second kappa shape index (κ2) is 10.1. The second-order valence-corrected chi connectivity index (χ2v) is 5.41. The van der Waals surface area contributed by atoms with E-state index in [1.165, 1.54) is 25.7 Å². The smallest absolute Gasteiger partial charge is 0.0590 e. The first-order chi connectivity index (χ1) is 7.62. The molecule has 0 fully saturated rings. The molecule has 0 bridgehead atoms. The number of ether oxygens (including phenoxy) is 1. The van der Waals surface area contributed by atoms with E-state index in [1.807, 2.05) is 0 Å². The lowest BCUT2D eigenvalue weighted by Gasteiger charge is -2.25. The van der Waals surface area contributed by atoms with E-state index in [2.05, 4.69) is 33.0 Å². The first-order valence-corrected chi connectivity index (χ1v) is 6.91. The van der Waals surface area contributed by atoms with Gasteiger partial charge in [0.1, 0.15) is 0 Å². The highest BCUT2D eigenvalue weighted by Crippen LogP contribution is 2.22. The fourth-order valence-electron chi connectivity index (χ4n) is 1.76. The summed E-state index contributed by atoms with van der Waals surface area (Å²) in [4.78, 5) is 0. The first-order valence-electron chi connectivity index (χ1n) is 6.91. The molecule has 0 heterocycles. The lowest BCUT2D eigenvalue weighted by Crippen LogP contribution is -2.31. The molecule has 1 N–H and O–H groups in total. The van der Waals surface area contributed by atoms with Crippen molar-refractivity contribution in [3.63, 3.8) is 0 Å². The monoisotopic (exact) mass is 229 g/mol. The predicted octanol–water partition coefficient (Wildman–Crippen LogP) is 3.61. The largest absolute Gasteiger partial charge is 0.380 e. The van der Waals surface area contributed by atoms with Gasteiger partial charge in [0.25, 0.3) is 0 Å². The van der Waals surface area contributed by atoms with Gasteiger partial charge in [-0.2, -0.15) is 0 Å². The van der Waals surface area contributed by atoms with Crippen LogP contribution in [-0.2, 0) is 4.74 Å². The van der Waals surface area contributed by atoms with Crippen molar-refractivity contribution in [3.05, 3.63) is 0 Å². The first kappa shape index (κ1) is 15.9. The molecule has 0 saturated carbocycles. The number of hydrogen-bond acceptors (Lipinski definition) is 2. The molecule has 0 amide bonds. The Kier molecular flexibility index (Phi) is 10.0. The maximum Gasteiger partial charge on any atom is 0.0590 e. The molecule has 0 radical (unpaired) electrons. The number of hydrogen-bond donors (Lipinski definition) is 1. The third kappa shape index (κ3) is 10.4. The van der Waals surface area contributed by atoms with Gasteiger partial charge in [-0.3, -0.25) is 0 Å². The Morgan fingerprint density at radius 1 is 1.00 bits per heavy atom. The summed E-state index contributed by atoms with van der Waals surface area (Å²) in [5.74, 6) is 0. The normalized spacial score (nSPS) is 12.0. The lowest BCUT2D eigenvalue weighted by molar-refractivity contribution is 0.133. The van der Waals surface area contributed by atoms with Crippen LogP contribution < -0.4 is 5.32 Å². The maximum atomic E-state index is 5.43. The Morgan fingerprint density at radius 3 is 2.38 bits per heavy atom. The highest BCUT2D eigenvalue weighted by atomic mass is 16.5. The minimum absolute atomic E-state index is 0.430. The Morgan fingerprint density at radius 2 is 1.75 bits per heavy atom. The number of nitrogens with one attached hydrogen (secondary N) is 1. The van der Waals surface area contributed by atoms with Gasteiger partial charge in [-0.15, -0.1) is 0 Å². The molecule has 0 aromatic heterocycles. The Balaban J connectivity index is 3.35. The van der Waals surface area contributed by atoms with Crippen LogP contribution in [0.15, 0.2) is 0 Å². The van der Waals surface area contributed by atoms with Crippen molar-refractivity contribution in [1.82, 2.24) is 5.32 Å². The number of unbranched alkanes of at least 4 members (excludes halogenated alkanes) is 2. The van der Waals surface area contributed by atoms with E-state index in [9.17, 15) is 0 Å². The van der Waals surface area contributed by atoms with Crippen LogP contribution in [0.25, 0.3) is 0 Å². The summed E-state index contributed by atoms with van der Waals surface area (Å²) in [5, 5.41) is 3.49. The summed E-state index contributed by atoms with van der Waals surface area (Å²) in [6.07, 6.45) is 6.47. The maximum absolute atomic E-state index is 5.43. The number of rotatable bonds is 11. The molecule has 98 valence electrons. The molecule has 0 aliphatic rings. The molecule has 0 atom stereocenters. The van der Waals surface area contributed by atoms with Crippen LogP contribution in [0.4, 0.5) is 0 Å². The van der Waals surface area contributed by atoms with Gasteiger partial charge in [-0.1, -0.05) is 47.0 Å². The highest BCUT2D eigenvalue weighted by Gasteiger charge is 2.16. The zero-order chi connectivity index (χ0) is 12.3. The zero-order valence-corrected chi connectivity index (χ0v) is 11.8. The van der Waals surface area contributed by atoms with Crippen molar-refractivity contribution in [2.24, 2.45) is 5.41 Å². The predicted molar refractivity (Wildman–Crippen MR) is 71.9 cm³/mol. The molecule has 16 heavy (non-hydrogen) atoms. The third-order valence-corrected chi connectivity index (χ3v) is 2.83. The third-order valence-electron chi connectivity index (χ3n) is 2.83. The zero-order valence-electron chi connectivity index (χ0n) is 11.8. The van der Waals surface area contributed by atoms with Crippen molar-refractivity contribution in [1.29, 1.82) is 0 Å². The average Bonchev–Trinajstić information content (AvgIpc) is 2.23. The van der Waals surface area contributed by atoms with Crippen molar-refractivity contribution >= 4 is 0 Å². The fraction of sp³-hybridized carbons (Fsp3) is 1.00. The van der Waals surface area contributed by atoms with E-state index >= 15 is 0 Å². The highest BCUT2D eigenvalue weighted by molar-refractivity contribution is 4.71. The summed E-state index contributed by atoms with van der Waals surface area (Å²) < 4.78 is 5.43. The molecule has 2 heteroatoms. The van der Waals surface area contributed by atoms with Crippen LogP contribution >= 0.6 is 0 Å². The fourth-order valence-corrected chi connectivity index (χ4v) is 1.76. The minimum atomic E-state index is 0.430. The van der Waals surface area contributed by atoms with Crippen LogP contribution in [0, 0.1) is 5.41 Å². The van der Waals surface area contributed by atoms with E-state index < -0.39 is 0 Å². The van der Waals surface area contributed by atoms with Crippen LogP contribution in [0.2, 0.25) is 0 Å². The summed E-state index contributed by atoms with van der Waals surface area (Å²) in [6.45, 7) is 12.9. The summed E-state index contributed by atoms with van der Waals surface area (Å²) >= 11 is 0. The topological polar surface area (TPSA) is 21.3 Å². The van der Waals surface area contributed by atoms with Gasteiger partial charge in [0.15, 0.2) is 0 Å².